The molecule has 7 nitrogen and oxygen atoms in total. The second-order valence-corrected chi connectivity index (χ2v) is 6.42. The Bertz CT molecular complexity index is 840. The smallest absolute Gasteiger partial charge is 0.280 e. The minimum absolute atomic E-state index is 0.0346. The maximum atomic E-state index is 13.1. The van der Waals surface area contributed by atoms with E-state index in [-0.39, 0.29) is 11.8 Å². The van der Waals surface area contributed by atoms with Crippen LogP contribution in [0.1, 0.15) is 45.4 Å². The van der Waals surface area contributed by atoms with Gasteiger partial charge in [0.2, 0.25) is 5.91 Å². The first-order valence-corrected chi connectivity index (χ1v) is 8.45. The van der Waals surface area contributed by atoms with Crippen molar-refractivity contribution in [2.75, 3.05) is 13.1 Å². The Kier molecular flexibility index (Phi) is 4.67. The summed E-state index contributed by atoms with van der Waals surface area (Å²) in [5, 5.41) is 4.42. The molecule has 0 fully saturated rings. The van der Waals surface area contributed by atoms with E-state index in [9.17, 15) is 9.59 Å². The molecule has 1 aliphatic rings. The van der Waals surface area contributed by atoms with Crippen LogP contribution in [-0.4, -0.2) is 44.6 Å². The molecular weight excluding hydrogens is 318 g/mol. The maximum Gasteiger partial charge on any atom is 0.280 e. The normalized spacial score (nSPS) is 13.7. The molecule has 3 heterocycles. The number of carbonyl (C=O) groups is 2. The van der Waals surface area contributed by atoms with Gasteiger partial charge < -0.3 is 10.6 Å². The lowest BCUT2D eigenvalue weighted by atomic mass is 9.96. The van der Waals surface area contributed by atoms with E-state index in [1.54, 1.807) is 24.2 Å². The standard InChI is InChI=1S/C18H23N5O2/c1-11-15(4-6-19)12(2)23(21-11)18(25)17-9-20-8-14-10-22(13(3)24)7-5-16(14)17/h8-9H,4-7,10,19H2,1-3H3. The van der Waals surface area contributed by atoms with Gasteiger partial charge in [-0.2, -0.15) is 5.10 Å². The number of pyridine rings is 1. The predicted molar refractivity (Wildman–Crippen MR) is 93.2 cm³/mol. The van der Waals surface area contributed by atoms with Crippen LogP contribution in [0.25, 0.3) is 0 Å². The van der Waals surface area contributed by atoms with E-state index in [0.717, 1.165) is 28.1 Å². The number of carbonyl (C=O) groups excluding carboxylic acids is 2. The summed E-state index contributed by atoms with van der Waals surface area (Å²) in [4.78, 5) is 30.7. The summed E-state index contributed by atoms with van der Waals surface area (Å²) in [6.45, 7) is 6.97. The van der Waals surface area contributed by atoms with Gasteiger partial charge in [-0.3, -0.25) is 14.6 Å². The van der Waals surface area contributed by atoms with E-state index in [0.29, 0.717) is 38.0 Å². The molecule has 0 unspecified atom stereocenters. The summed E-state index contributed by atoms with van der Waals surface area (Å²) in [5.41, 5.74) is 10.8. The highest BCUT2D eigenvalue weighted by molar-refractivity contribution is 5.97. The third-order valence-electron chi connectivity index (χ3n) is 4.84. The Morgan fingerprint density at radius 3 is 2.72 bits per heavy atom. The minimum atomic E-state index is -0.176. The fourth-order valence-electron chi connectivity index (χ4n) is 3.44. The summed E-state index contributed by atoms with van der Waals surface area (Å²) < 4.78 is 1.45. The lowest BCUT2D eigenvalue weighted by Gasteiger charge is -2.28. The fourth-order valence-corrected chi connectivity index (χ4v) is 3.44. The van der Waals surface area contributed by atoms with Crippen LogP contribution in [0.5, 0.6) is 0 Å². The Balaban J connectivity index is 1.99. The van der Waals surface area contributed by atoms with E-state index in [4.69, 9.17) is 5.73 Å². The minimum Gasteiger partial charge on any atom is -0.338 e. The average Bonchev–Trinajstić information content (AvgIpc) is 2.88. The van der Waals surface area contributed by atoms with Crippen molar-refractivity contribution in [3.63, 3.8) is 0 Å². The zero-order chi connectivity index (χ0) is 18.1. The maximum absolute atomic E-state index is 13.1. The fraction of sp³-hybridized carbons (Fsp3) is 0.444. The summed E-state index contributed by atoms with van der Waals surface area (Å²) in [6.07, 6.45) is 4.68. The molecule has 25 heavy (non-hydrogen) atoms. The summed E-state index contributed by atoms with van der Waals surface area (Å²) in [5.74, 6) is -0.142. The van der Waals surface area contributed by atoms with Gasteiger partial charge in [-0.25, -0.2) is 4.68 Å². The molecule has 1 aliphatic heterocycles. The monoisotopic (exact) mass is 341 g/mol. The number of fused-ring (bicyclic) bond motifs is 1. The summed E-state index contributed by atoms with van der Waals surface area (Å²) >= 11 is 0. The molecular formula is C18H23N5O2. The van der Waals surface area contributed by atoms with Gasteiger partial charge >= 0.3 is 0 Å². The number of nitrogens with two attached hydrogens (primary N) is 1. The highest BCUT2D eigenvalue weighted by atomic mass is 16.2. The summed E-state index contributed by atoms with van der Waals surface area (Å²) in [6, 6.07) is 0. The van der Waals surface area contributed by atoms with Crippen molar-refractivity contribution >= 4 is 11.8 Å². The molecule has 0 aliphatic carbocycles. The second kappa shape index (κ2) is 6.76. The molecule has 0 aromatic carbocycles. The number of aryl methyl sites for hydroxylation is 1. The quantitative estimate of drug-likeness (QED) is 0.898. The molecule has 3 rings (SSSR count). The van der Waals surface area contributed by atoms with Crippen molar-refractivity contribution in [1.82, 2.24) is 19.7 Å². The third kappa shape index (κ3) is 3.07. The van der Waals surface area contributed by atoms with Crippen LogP contribution in [0.2, 0.25) is 0 Å². The van der Waals surface area contributed by atoms with Gasteiger partial charge in [0.25, 0.3) is 5.91 Å². The van der Waals surface area contributed by atoms with E-state index in [1.165, 1.54) is 4.68 Å². The van der Waals surface area contributed by atoms with Gasteiger partial charge in [-0.1, -0.05) is 0 Å². The van der Waals surface area contributed by atoms with Gasteiger partial charge in [-0.15, -0.1) is 0 Å². The molecule has 0 saturated carbocycles. The van der Waals surface area contributed by atoms with Crippen molar-refractivity contribution in [3.8, 4) is 0 Å². The molecule has 1 amide bonds. The zero-order valence-corrected chi connectivity index (χ0v) is 14.9. The predicted octanol–water partition coefficient (Wildman–Crippen LogP) is 0.989. The molecule has 2 N–H and O–H groups in total. The SMILES string of the molecule is CC(=O)N1CCc2c(cncc2C(=O)n2nc(C)c(CCN)c2C)C1. The first-order valence-electron chi connectivity index (χ1n) is 8.45. The first-order chi connectivity index (χ1) is 11.9. The van der Waals surface area contributed by atoms with Gasteiger partial charge in [-0.05, 0) is 49.9 Å². The molecule has 0 radical (unpaired) electrons. The van der Waals surface area contributed by atoms with Gasteiger partial charge in [0.05, 0.1) is 11.3 Å². The largest absolute Gasteiger partial charge is 0.338 e. The van der Waals surface area contributed by atoms with Crippen molar-refractivity contribution in [2.45, 2.75) is 40.2 Å². The van der Waals surface area contributed by atoms with E-state index in [1.807, 2.05) is 13.8 Å². The number of hydrogen-bond acceptors (Lipinski definition) is 5. The van der Waals surface area contributed by atoms with E-state index < -0.39 is 0 Å². The highest BCUT2D eigenvalue weighted by Gasteiger charge is 2.25. The molecule has 7 heteroatoms. The molecule has 2 aromatic heterocycles. The summed E-state index contributed by atoms with van der Waals surface area (Å²) in [7, 11) is 0. The Labute approximate surface area is 146 Å². The van der Waals surface area contributed by atoms with Gasteiger partial charge in [0.1, 0.15) is 0 Å². The van der Waals surface area contributed by atoms with Crippen molar-refractivity contribution in [3.05, 3.63) is 46.0 Å². The number of aromatic nitrogens is 3. The molecule has 132 valence electrons. The Morgan fingerprint density at radius 1 is 1.28 bits per heavy atom. The third-order valence-corrected chi connectivity index (χ3v) is 4.84. The average molecular weight is 341 g/mol. The van der Waals surface area contributed by atoms with Crippen LogP contribution in [0.15, 0.2) is 12.4 Å². The van der Waals surface area contributed by atoms with Crippen LogP contribution in [0, 0.1) is 13.8 Å². The van der Waals surface area contributed by atoms with Crippen LogP contribution < -0.4 is 5.73 Å². The van der Waals surface area contributed by atoms with E-state index in [2.05, 4.69) is 10.1 Å². The number of amides is 1. The number of rotatable bonds is 3. The van der Waals surface area contributed by atoms with Crippen molar-refractivity contribution in [1.29, 1.82) is 0 Å². The Morgan fingerprint density at radius 2 is 2.04 bits per heavy atom. The van der Waals surface area contributed by atoms with E-state index >= 15 is 0 Å². The van der Waals surface area contributed by atoms with Gasteiger partial charge in [0.15, 0.2) is 0 Å². The van der Waals surface area contributed by atoms with Crippen LogP contribution >= 0.6 is 0 Å². The lowest BCUT2D eigenvalue weighted by Crippen LogP contribution is -2.35. The van der Waals surface area contributed by atoms with Crippen LogP contribution in [0.4, 0.5) is 0 Å². The molecule has 2 aromatic rings. The van der Waals surface area contributed by atoms with Crippen molar-refractivity contribution < 1.29 is 9.59 Å². The molecule has 0 spiro atoms. The second-order valence-electron chi connectivity index (χ2n) is 6.42. The van der Waals surface area contributed by atoms with Gasteiger partial charge in [0, 0.05) is 38.1 Å². The number of hydrogen-bond donors (Lipinski definition) is 1. The van der Waals surface area contributed by atoms with Crippen molar-refractivity contribution in [2.24, 2.45) is 5.73 Å². The zero-order valence-electron chi connectivity index (χ0n) is 14.9. The molecule has 0 saturated heterocycles. The topological polar surface area (TPSA) is 94.1 Å². The Hall–Kier alpha value is -2.54. The highest BCUT2D eigenvalue weighted by Crippen LogP contribution is 2.23. The number of nitrogens with zero attached hydrogens (tertiary/aromatic N) is 4. The first kappa shape index (κ1) is 17.3. The molecule has 0 bridgehead atoms. The molecule has 0 atom stereocenters. The van der Waals surface area contributed by atoms with Crippen LogP contribution in [0.3, 0.4) is 0 Å². The van der Waals surface area contributed by atoms with Crippen LogP contribution in [-0.2, 0) is 24.2 Å². The lowest BCUT2D eigenvalue weighted by molar-refractivity contribution is -0.129.